The second kappa shape index (κ2) is 5.26. The molecule has 0 heterocycles. The van der Waals surface area contributed by atoms with Crippen molar-refractivity contribution in [2.24, 2.45) is 0 Å². The normalized spacial score (nSPS) is 20.4. The second-order valence-corrected chi connectivity index (χ2v) is 6.51. The summed E-state index contributed by atoms with van der Waals surface area (Å²) in [6, 6.07) is 3.97. The van der Waals surface area contributed by atoms with Gasteiger partial charge in [-0.1, -0.05) is 6.07 Å². The van der Waals surface area contributed by atoms with E-state index in [1.165, 1.54) is 25.2 Å². The molecule has 22 heavy (non-hydrogen) atoms. The Bertz CT molecular complexity index is 623. The zero-order valence-electron chi connectivity index (χ0n) is 13.1. The summed E-state index contributed by atoms with van der Waals surface area (Å²) < 4.78 is 18.6. The molecule has 1 unspecified atom stereocenters. The first kappa shape index (κ1) is 16.3. The molecule has 0 aliphatic heterocycles. The number of benzene rings is 1. The molecule has 1 aromatic carbocycles. The molecule has 1 aromatic rings. The Balaban J connectivity index is 2.45. The van der Waals surface area contributed by atoms with Crippen molar-refractivity contribution < 1.29 is 23.8 Å². The number of fused-ring (bicyclic) bond motifs is 1. The third-order valence-corrected chi connectivity index (χ3v) is 3.86. The van der Waals surface area contributed by atoms with Gasteiger partial charge in [0, 0.05) is 7.05 Å². The second-order valence-electron chi connectivity index (χ2n) is 6.51. The number of hydrogen-bond donors (Lipinski definition) is 1. The molecule has 0 saturated heterocycles. The molecule has 0 saturated carbocycles. The number of carbonyl (C=O) groups is 2. The Hall–Kier alpha value is -2.11. The number of nitrogens with zero attached hydrogens (tertiary/aromatic N) is 1. The maximum atomic E-state index is 13.3. The smallest absolute Gasteiger partial charge is 0.411 e. The molecule has 120 valence electrons. The van der Waals surface area contributed by atoms with Gasteiger partial charge in [0.25, 0.3) is 0 Å². The summed E-state index contributed by atoms with van der Waals surface area (Å²) in [6.45, 7) is 5.14. The van der Waals surface area contributed by atoms with Gasteiger partial charge in [-0.15, -0.1) is 0 Å². The van der Waals surface area contributed by atoms with Crippen molar-refractivity contribution in [3.63, 3.8) is 0 Å². The average Bonchev–Trinajstić information content (AvgIpc) is 2.75. The molecule has 0 fully saturated rings. The number of carboxylic acid groups (broad SMARTS) is 1. The Morgan fingerprint density at radius 2 is 2.00 bits per heavy atom. The van der Waals surface area contributed by atoms with E-state index in [9.17, 15) is 19.1 Å². The van der Waals surface area contributed by atoms with Crippen LogP contribution in [0.4, 0.5) is 9.18 Å². The topological polar surface area (TPSA) is 66.8 Å². The number of ether oxygens (including phenoxy) is 1. The SMILES string of the molecule is CN(C(=O)OC(C)(C)C)C1(C(=O)O)CCc2cc(F)ccc21. The molecule has 1 atom stereocenters. The lowest BCUT2D eigenvalue weighted by molar-refractivity contribution is -0.151. The lowest BCUT2D eigenvalue weighted by atomic mass is 9.90. The van der Waals surface area contributed by atoms with E-state index in [1.54, 1.807) is 20.8 Å². The monoisotopic (exact) mass is 309 g/mol. The molecule has 1 amide bonds. The number of hydrogen-bond acceptors (Lipinski definition) is 3. The van der Waals surface area contributed by atoms with Crippen molar-refractivity contribution in [2.75, 3.05) is 7.05 Å². The first-order valence-corrected chi connectivity index (χ1v) is 7.07. The van der Waals surface area contributed by atoms with E-state index in [0.29, 0.717) is 17.5 Å². The maximum absolute atomic E-state index is 13.3. The summed E-state index contributed by atoms with van der Waals surface area (Å²) in [5, 5.41) is 9.75. The lowest BCUT2D eigenvalue weighted by Gasteiger charge is -2.36. The fraction of sp³-hybridized carbons (Fsp3) is 0.500. The van der Waals surface area contributed by atoms with Crippen molar-refractivity contribution in [3.8, 4) is 0 Å². The van der Waals surface area contributed by atoms with Crippen LogP contribution in [0, 0.1) is 5.82 Å². The number of aliphatic carboxylic acids is 1. The zero-order valence-corrected chi connectivity index (χ0v) is 13.1. The first-order chi connectivity index (χ1) is 10.1. The predicted molar refractivity (Wildman–Crippen MR) is 78.0 cm³/mol. The van der Waals surface area contributed by atoms with Crippen LogP contribution in [0.5, 0.6) is 0 Å². The minimum absolute atomic E-state index is 0.191. The van der Waals surface area contributed by atoms with Crippen molar-refractivity contribution in [2.45, 2.75) is 44.8 Å². The maximum Gasteiger partial charge on any atom is 0.411 e. The molecule has 0 aromatic heterocycles. The van der Waals surface area contributed by atoms with Crippen LogP contribution in [-0.2, 0) is 21.5 Å². The van der Waals surface area contributed by atoms with Crippen molar-refractivity contribution in [3.05, 3.63) is 35.1 Å². The zero-order chi connectivity index (χ0) is 16.7. The third-order valence-electron chi connectivity index (χ3n) is 3.86. The molecule has 5 nitrogen and oxygen atoms in total. The van der Waals surface area contributed by atoms with Crippen LogP contribution in [-0.4, -0.2) is 34.7 Å². The standard InChI is InChI=1S/C16H20FNO4/c1-15(2,3)22-14(21)18(4)16(13(19)20)8-7-10-9-11(17)5-6-12(10)16/h5-6,9H,7-8H2,1-4H3,(H,19,20). The Morgan fingerprint density at radius 3 is 2.55 bits per heavy atom. The van der Waals surface area contributed by atoms with Crippen molar-refractivity contribution in [1.82, 2.24) is 4.90 Å². The molecule has 6 heteroatoms. The molecule has 0 radical (unpaired) electrons. The molecular weight excluding hydrogens is 289 g/mol. The summed E-state index contributed by atoms with van der Waals surface area (Å²) in [4.78, 5) is 25.3. The van der Waals surface area contributed by atoms with Crippen LogP contribution in [0.25, 0.3) is 0 Å². The lowest BCUT2D eigenvalue weighted by Crippen LogP contribution is -2.52. The van der Waals surface area contributed by atoms with Gasteiger partial charge in [0.05, 0.1) is 0 Å². The summed E-state index contributed by atoms with van der Waals surface area (Å²) in [7, 11) is 1.40. The van der Waals surface area contributed by atoms with E-state index in [2.05, 4.69) is 0 Å². The van der Waals surface area contributed by atoms with Gasteiger partial charge in [0.1, 0.15) is 11.4 Å². The van der Waals surface area contributed by atoms with Crippen LogP contribution in [0.15, 0.2) is 18.2 Å². The highest BCUT2D eigenvalue weighted by Gasteiger charge is 2.51. The number of aryl methyl sites for hydroxylation is 1. The van der Waals surface area contributed by atoms with E-state index >= 15 is 0 Å². The molecular formula is C16H20FNO4. The summed E-state index contributed by atoms with van der Waals surface area (Å²) in [5.74, 6) is -1.56. The quantitative estimate of drug-likeness (QED) is 0.912. The van der Waals surface area contributed by atoms with Crippen LogP contribution >= 0.6 is 0 Å². The van der Waals surface area contributed by atoms with Gasteiger partial charge in [-0.05, 0) is 56.9 Å². The Labute approximate surface area is 128 Å². The van der Waals surface area contributed by atoms with E-state index in [0.717, 1.165) is 4.90 Å². The number of halogens is 1. The number of likely N-dealkylation sites (N-methyl/N-ethyl adjacent to an activating group) is 1. The molecule has 1 aliphatic rings. The van der Waals surface area contributed by atoms with E-state index in [-0.39, 0.29) is 6.42 Å². The molecule has 1 N–H and O–H groups in total. The number of carbonyl (C=O) groups excluding carboxylic acids is 1. The Morgan fingerprint density at radius 1 is 1.36 bits per heavy atom. The number of rotatable bonds is 2. The minimum atomic E-state index is -1.52. The summed E-state index contributed by atoms with van der Waals surface area (Å²) >= 11 is 0. The molecule has 1 aliphatic carbocycles. The van der Waals surface area contributed by atoms with Crippen molar-refractivity contribution >= 4 is 12.1 Å². The van der Waals surface area contributed by atoms with Gasteiger partial charge in [-0.2, -0.15) is 0 Å². The molecule has 0 spiro atoms. The van der Waals surface area contributed by atoms with E-state index < -0.39 is 29.0 Å². The number of amides is 1. The van der Waals surface area contributed by atoms with Crippen LogP contribution in [0.1, 0.15) is 38.3 Å². The van der Waals surface area contributed by atoms with Crippen molar-refractivity contribution in [1.29, 1.82) is 0 Å². The fourth-order valence-electron chi connectivity index (χ4n) is 2.82. The highest BCUT2D eigenvalue weighted by molar-refractivity contribution is 5.87. The van der Waals surface area contributed by atoms with Gasteiger partial charge >= 0.3 is 12.1 Å². The van der Waals surface area contributed by atoms with Crippen LogP contribution in [0.2, 0.25) is 0 Å². The van der Waals surface area contributed by atoms with Gasteiger partial charge in [-0.3, -0.25) is 4.90 Å². The van der Waals surface area contributed by atoms with Gasteiger partial charge in [0.15, 0.2) is 5.54 Å². The van der Waals surface area contributed by atoms with Gasteiger partial charge in [-0.25, -0.2) is 14.0 Å². The largest absolute Gasteiger partial charge is 0.479 e. The van der Waals surface area contributed by atoms with Crippen LogP contribution in [0.3, 0.4) is 0 Å². The van der Waals surface area contributed by atoms with Gasteiger partial charge in [0.2, 0.25) is 0 Å². The number of carboxylic acids is 1. The third kappa shape index (κ3) is 2.65. The van der Waals surface area contributed by atoms with E-state index in [1.807, 2.05) is 0 Å². The van der Waals surface area contributed by atoms with Crippen LogP contribution < -0.4 is 0 Å². The van der Waals surface area contributed by atoms with Gasteiger partial charge < -0.3 is 9.84 Å². The molecule has 2 rings (SSSR count). The fourth-order valence-corrected chi connectivity index (χ4v) is 2.82. The Kier molecular flexibility index (Phi) is 3.89. The highest BCUT2D eigenvalue weighted by atomic mass is 19.1. The minimum Gasteiger partial charge on any atom is -0.479 e. The first-order valence-electron chi connectivity index (χ1n) is 7.07. The summed E-state index contributed by atoms with van der Waals surface area (Å²) in [5.41, 5.74) is -1.20. The predicted octanol–water partition coefficient (Wildman–Crippen LogP) is 2.92. The average molecular weight is 309 g/mol. The van der Waals surface area contributed by atoms with E-state index in [4.69, 9.17) is 4.74 Å². The molecule has 0 bridgehead atoms. The highest BCUT2D eigenvalue weighted by Crippen LogP contribution is 2.42. The summed E-state index contributed by atoms with van der Waals surface area (Å²) in [6.07, 6.45) is -0.129.